The molecule has 0 amide bonds. The highest BCUT2D eigenvalue weighted by atomic mass is 32.1. The van der Waals surface area contributed by atoms with Crippen LogP contribution in [0, 0.1) is 4.77 Å². The Hall–Kier alpha value is -2.09. The Kier molecular flexibility index (Phi) is 3.12. The van der Waals surface area contributed by atoms with E-state index in [0.29, 0.717) is 22.3 Å². The lowest BCUT2D eigenvalue weighted by Gasteiger charge is -2.07. The first-order valence-corrected chi connectivity index (χ1v) is 6.53. The zero-order chi connectivity index (χ0) is 15.2. The third-order valence-corrected chi connectivity index (χ3v) is 3.52. The number of nitrogens with one attached hydrogen (secondary N) is 1. The van der Waals surface area contributed by atoms with E-state index in [1.165, 1.54) is 6.07 Å². The number of alkyl halides is 3. The minimum atomic E-state index is -4.37. The Balaban J connectivity index is 2.07. The molecule has 0 bridgehead atoms. The number of rotatable bonds is 2. The van der Waals surface area contributed by atoms with E-state index in [1.54, 1.807) is 22.5 Å². The van der Waals surface area contributed by atoms with Crippen molar-refractivity contribution in [2.75, 3.05) is 0 Å². The molecule has 21 heavy (non-hydrogen) atoms. The number of aryl methyl sites for hydroxylation is 1. The fraction of sp³-hybridized carbons (Fsp3) is 0.231. The summed E-state index contributed by atoms with van der Waals surface area (Å²) in [6.45, 7) is 0.456. The third kappa shape index (κ3) is 2.58. The van der Waals surface area contributed by atoms with Gasteiger partial charge in [0.15, 0.2) is 4.77 Å². The molecule has 0 unspecified atom stereocenters. The second-order valence-electron chi connectivity index (χ2n) is 4.77. The number of imidazole rings is 1. The standard InChI is InChI=1S/C13H11F3N4S/c1-19-6-8(5-17-19)7-20-11-3-2-9(13(14,15)16)4-10(11)18-12(20)21/h2-6H,7H2,1H3,(H,18,21). The zero-order valence-electron chi connectivity index (χ0n) is 11.0. The largest absolute Gasteiger partial charge is 0.416 e. The fourth-order valence-electron chi connectivity index (χ4n) is 2.23. The van der Waals surface area contributed by atoms with E-state index in [4.69, 9.17) is 12.2 Å². The summed E-state index contributed by atoms with van der Waals surface area (Å²) in [6.07, 6.45) is -0.829. The van der Waals surface area contributed by atoms with Crippen LogP contribution in [0.3, 0.4) is 0 Å². The number of hydrogen-bond acceptors (Lipinski definition) is 2. The van der Waals surface area contributed by atoms with Crippen LogP contribution in [-0.2, 0) is 19.8 Å². The molecule has 0 spiro atoms. The lowest BCUT2D eigenvalue weighted by Crippen LogP contribution is -2.04. The van der Waals surface area contributed by atoms with Gasteiger partial charge in [0.05, 0.1) is 29.3 Å². The number of aromatic nitrogens is 4. The van der Waals surface area contributed by atoms with Gasteiger partial charge in [-0.15, -0.1) is 0 Å². The van der Waals surface area contributed by atoms with Gasteiger partial charge in [0.25, 0.3) is 0 Å². The Morgan fingerprint density at radius 2 is 2.10 bits per heavy atom. The fourth-order valence-corrected chi connectivity index (χ4v) is 2.51. The maximum atomic E-state index is 12.7. The molecule has 1 aromatic carbocycles. The van der Waals surface area contributed by atoms with Crippen molar-refractivity contribution in [2.24, 2.45) is 7.05 Å². The molecule has 4 nitrogen and oxygen atoms in total. The number of benzene rings is 1. The van der Waals surface area contributed by atoms with Gasteiger partial charge in [-0.1, -0.05) is 0 Å². The summed E-state index contributed by atoms with van der Waals surface area (Å²) in [4.78, 5) is 2.82. The van der Waals surface area contributed by atoms with Crippen molar-refractivity contribution in [3.63, 3.8) is 0 Å². The van der Waals surface area contributed by atoms with Crippen LogP contribution in [0.5, 0.6) is 0 Å². The first-order chi connectivity index (χ1) is 9.84. The molecule has 2 aromatic heterocycles. The van der Waals surface area contributed by atoms with Gasteiger partial charge in [0, 0.05) is 18.8 Å². The summed E-state index contributed by atoms with van der Waals surface area (Å²) in [5.41, 5.74) is 1.24. The predicted octanol–water partition coefficient (Wildman–Crippen LogP) is 3.50. The predicted molar refractivity (Wildman–Crippen MR) is 74.4 cm³/mol. The van der Waals surface area contributed by atoms with Gasteiger partial charge in [0.2, 0.25) is 0 Å². The van der Waals surface area contributed by atoms with Crippen LogP contribution in [0.25, 0.3) is 11.0 Å². The maximum Gasteiger partial charge on any atom is 0.416 e. The van der Waals surface area contributed by atoms with Crippen molar-refractivity contribution in [3.8, 4) is 0 Å². The first kappa shape index (κ1) is 13.9. The van der Waals surface area contributed by atoms with Crippen LogP contribution >= 0.6 is 12.2 Å². The Labute approximate surface area is 122 Å². The molecule has 0 aliphatic rings. The van der Waals surface area contributed by atoms with E-state index < -0.39 is 11.7 Å². The number of aromatic amines is 1. The molecule has 0 saturated heterocycles. The Morgan fingerprint density at radius 1 is 1.33 bits per heavy atom. The van der Waals surface area contributed by atoms with Crippen LogP contribution in [0.2, 0.25) is 0 Å². The number of hydrogen-bond donors (Lipinski definition) is 1. The van der Waals surface area contributed by atoms with Crippen LogP contribution in [0.1, 0.15) is 11.1 Å². The lowest BCUT2D eigenvalue weighted by molar-refractivity contribution is -0.137. The summed E-state index contributed by atoms with van der Waals surface area (Å²) in [6, 6.07) is 3.57. The molecule has 0 aliphatic heterocycles. The van der Waals surface area contributed by atoms with E-state index in [9.17, 15) is 13.2 Å². The third-order valence-electron chi connectivity index (χ3n) is 3.20. The minimum Gasteiger partial charge on any atom is -0.331 e. The van der Waals surface area contributed by atoms with Crippen molar-refractivity contribution in [2.45, 2.75) is 12.7 Å². The Morgan fingerprint density at radius 3 is 2.71 bits per heavy atom. The molecule has 3 rings (SSSR count). The van der Waals surface area contributed by atoms with Crippen LogP contribution in [0.4, 0.5) is 13.2 Å². The van der Waals surface area contributed by atoms with Crippen molar-refractivity contribution >= 4 is 23.3 Å². The van der Waals surface area contributed by atoms with Gasteiger partial charge in [-0.3, -0.25) is 4.68 Å². The SMILES string of the molecule is Cn1cc(Cn2c(=S)[nH]c3cc(C(F)(F)F)ccc32)cn1. The maximum absolute atomic E-state index is 12.7. The lowest BCUT2D eigenvalue weighted by atomic mass is 10.2. The number of H-pyrrole nitrogens is 1. The van der Waals surface area contributed by atoms with Crippen LogP contribution in [0.15, 0.2) is 30.6 Å². The molecular weight excluding hydrogens is 301 g/mol. The number of halogens is 3. The van der Waals surface area contributed by atoms with Crippen LogP contribution in [-0.4, -0.2) is 19.3 Å². The topological polar surface area (TPSA) is 38.5 Å². The normalized spacial score (nSPS) is 12.2. The van der Waals surface area contributed by atoms with Gasteiger partial charge in [0.1, 0.15) is 0 Å². The number of nitrogens with zero attached hydrogens (tertiary/aromatic N) is 3. The minimum absolute atomic E-state index is 0.374. The molecule has 0 aliphatic carbocycles. The molecule has 1 N–H and O–H groups in total. The highest BCUT2D eigenvalue weighted by Crippen LogP contribution is 2.31. The molecule has 3 aromatic rings. The zero-order valence-corrected chi connectivity index (χ0v) is 11.8. The van der Waals surface area contributed by atoms with E-state index >= 15 is 0 Å². The molecular formula is C13H11F3N4S. The van der Waals surface area contributed by atoms with E-state index in [-0.39, 0.29) is 0 Å². The average Bonchev–Trinajstić information content (AvgIpc) is 2.93. The molecule has 2 heterocycles. The van der Waals surface area contributed by atoms with Crippen molar-refractivity contribution < 1.29 is 13.2 Å². The van der Waals surface area contributed by atoms with E-state index in [1.807, 2.05) is 6.20 Å². The van der Waals surface area contributed by atoms with E-state index in [2.05, 4.69) is 10.1 Å². The second-order valence-corrected chi connectivity index (χ2v) is 5.15. The molecule has 0 atom stereocenters. The molecule has 0 fully saturated rings. The van der Waals surface area contributed by atoms with Gasteiger partial charge in [-0.2, -0.15) is 18.3 Å². The van der Waals surface area contributed by atoms with Gasteiger partial charge >= 0.3 is 6.18 Å². The first-order valence-electron chi connectivity index (χ1n) is 6.12. The number of fused-ring (bicyclic) bond motifs is 1. The average molecular weight is 312 g/mol. The highest BCUT2D eigenvalue weighted by molar-refractivity contribution is 7.71. The molecule has 0 radical (unpaired) electrons. The summed E-state index contributed by atoms with van der Waals surface area (Å²) >= 11 is 5.19. The summed E-state index contributed by atoms with van der Waals surface area (Å²) in [5.74, 6) is 0. The Bertz CT molecular complexity index is 856. The molecule has 8 heteroatoms. The van der Waals surface area contributed by atoms with E-state index in [0.717, 1.165) is 17.7 Å². The summed E-state index contributed by atoms with van der Waals surface area (Å²) in [5, 5.41) is 4.06. The smallest absolute Gasteiger partial charge is 0.331 e. The summed E-state index contributed by atoms with van der Waals surface area (Å²) in [7, 11) is 1.80. The quantitative estimate of drug-likeness (QED) is 0.736. The van der Waals surface area contributed by atoms with Crippen molar-refractivity contribution in [1.29, 1.82) is 0 Å². The highest BCUT2D eigenvalue weighted by Gasteiger charge is 2.30. The summed E-state index contributed by atoms with van der Waals surface area (Å²) < 4.78 is 41.9. The van der Waals surface area contributed by atoms with Gasteiger partial charge in [-0.25, -0.2) is 0 Å². The van der Waals surface area contributed by atoms with Gasteiger partial charge < -0.3 is 9.55 Å². The van der Waals surface area contributed by atoms with Crippen molar-refractivity contribution in [3.05, 3.63) is 46.5 Å². The molecule has 110 valence electrons. The second kappa shape index (κ2) is 4.73. The monoisotopic (exact) mass is 312 g/mol. The van der Waals surface area contributed by atoms with Crippen LogP contribution < -0.4 is 0 Å². The van der Waals surface area contributed by atoms with Gasteiger partial charge in [-0.05, 0) is 30.4 Å². The molecule has 0 saturated carbocycles. The van der Waals surface area contributed by atoms with Crippen molar-refractivity contribution in [1.82, 2.24) is 19.3 Å².